The number of likely N-dealkylation sites (tertiary alicyclic amines) is 1. The predicted octanol–water partition coefficient (Wildman–Crippen LogP) is 6.29. The summed E-state index contributed by atoms with van der Waals surface area (Å²) in [5.41, 5.74) is 4.20. The van der Waals surface area contributed by atoms with Crippen LogP contribution in [0.4, 0.5) is 36.3 Å². The first kappa shape index (κ1) is 54.9. The summed E-state index contributed by atoms with van der Waals surface area (Å²) in [7, 11) is -2.17. The van der Waals surface area contributed by atoms with Crippen LogP contribution in [0.5, 0.6) is 5.75 Å². The van der Waals surface area contributed by atoms with E-state index in [1.807, 2.05) is 52.0 Å². The number of aromatic nitrogens is 3. The zero-order valence-corrected chi connectivity index (χ0v) is 42.4. The van der Waals surface area contributed by atoms with Crippen LogP contribution in [0.2, 0.25) is 0 Å². The minimum atomic E-state index is -4.75. The molecule has 72 heavy (non-hydrogen) atoms. The fourth-order valence-corrected chi connectivity index (χ4v) is 8.81. The Bertz CT molecular complexity index is 2740. The highest BCUT2D eigenvalue weighted by atomic mass is 32.2. The number of rotatable bonds is 23. The fraction of sp³-hybridized carbons (Fsp3) is 0.429. The quantitative estimate of drug-likeness (QED) is 0.0454. The standard InChI is InChI=1S/C49H60F3N9O9S2/c1-31-42(71-30-56-31)34-12-10-32(11-13-34)26-54-45(64)40-25-37(62)29-61(40)46(65)43(48(2,3)4)58-41(63)18-19-68-20-21-69-22-23-70-38-16-14-35(15-17-38)57-47-55-28-39(49(50,51)52)44(59-47)53-27-33-8-7-9-36(24-33)60(5)72(6,66)67/h7-17,24,28,30,37,40,43,62H,18-23,25-27,29H2,1-6H3,(H,54,64)(H,58,63)(H2,53,55,57,59). The first-order valence-electron chi connectivity index (χ1n) is 23.0. The van der Waals surface area contributed by atoms with E-state index in [2.05, 4.69) is 36.2 Å². The zero-order valence-electron chi connectivity index (χ0n) is 40.8. The number of sulfonamides is 1. The number of nitrogens with one attached hydrogen (secondary N) is 4. The van der Waals surface area contributed by atoms with Crippen LogP contribution >= 0.6 is 11.3 Å². The number of alkyl halides is 3. The van der Waals surface area contributed by atoms with Crippen LogP contribution < -0.4 is 30.3 Å². The number of ether oxygens (including phenoxy) is 3. The average Bonchev–Trinajstić information content (AvgIpc) is 3.95. The van der Waals surface area contributed by atoms with E-state index in [4.69, 9.17) is 14.2 Å². The van der Waals surface area contributed by atoms with Crippen LogP contribution in [-0.2, 0) is 53.1 Å². The van der Waals surface area contributed by atoms with E-state index in [9.17, 15) is 41.1 Å². The molecule has 1 saturated heterocycles. The molecule has 0 saturated carbocycles. The van der Waals surface area contributed by atoms with Crippen molar-refractivity contribution in [3.8, 4) is 16.2 Å². The molecule has 0 radical (unpaired) electrons. The second-order valence-electron chi connectivity index (χ2n) is 18.1. The molecule has 5 aromatic rings. The molecule has 18 nitrogen and oxygen atoms in total. The number of benzene rings is 3. The molecule has 3 unspecified atom stereocenters. The lowest BCUT2D eigenvalue weighted by molar-refractivity contribution is -0.144. The summed E-state index contributed by atoms with van der Waals surface area (Å²) in [6, 6.07) is 18.8. The van der Waals surface area contributed by atoms with Gasteiger partial charge in [-0.25, -0.2) is 18.4 Å². The lowest BCUT2D eigenvalue weighted by Crippen LogP contribution is -2.57. The molecule has 388 valence electrons. The lowest BCUT2D eigenvalue weighted by atomic mass is 9.85. The Labute approximate surface area is 420 Å². The average molecular weight is 1040 g/mol. The summed E-state index contributed by atoms with van der Waals surface area (Å²) < 4.78 is 83.5. The second-order valence-corrected chi connectivity index (χ2v) is 21.0. The van der Waals surface area contributed by atoms with Gasteiger partial charge in [-0.15, -0.1) is 11.3 Å². The van der Waals surface area contributed by atoms with Crippen LogP contribution in [0.1, 0.15) is 56.0 Å². The summed E-state index contributed by atoms with van der Waals surface area (Å²) in [4.78, 5) is 55.1. The molecule has 5 N–H and O–H groups in total. The Morgan fingerprint density at radius 2 is 1.62 bits per heavy atom. The monoisotopic (exact) mass is 1040 g/mol. The number of hydrogen-bond acceptors (Lipinski definition) is 15. The number of aliphatic hydroxyl groups excluding tert-OH is 1. The molecule has 1 fully saturated rings. The minimum Gasteiger partial charge on any atom is -0.491 e. The van der Waals surface area contributed by atoms with E-state index in [0.29, 0.717) is 28.9 Å². The number of amides is 3. The van der Waals surface area contributed by atoms with Crippen LogP contribution in [-0.4, -0.2) is 122 Å². The van der Waals surface area contributed by atoms with Gasteiger partial charge < -0.3 is 45.5 Å². The first-order chi connectivity index (χ1) is 34.1. The van der Waals surface area contributed by atoms with Crippen molar-refractivity contribution >= 4 is 62.2 Å². The van der Waals surface area contributed by atoms with E-state index in [-0.39, 0.29) is 71.5 Å². The van der Waals surface area contributed by atoms with Crippen LogP contribution in [0, 0.1) is 12.3 Å². The van der Waals surface area contributed by atoms with E-state index >= 15 is 0 Å². The smallest absolute Gasteiger partial charge is 0.421 e. The molecule has 0 bridgehead atoms. The Hall–Kier alpha value is -6.40. The molecule has 6 rings (SSSR count). The minimum absolute atomic E-state index is 0.0334. The third kappa shape index (κ3) is 15.6. The van der Waals surface area contributed by atoms with Gasteiger partial charge in [-0.05, 0) is 65.4 Å². The van der Waals surface area contributed by atoms with Crippen LogP contribution in [0.3, 0.4) is 0 Å². The Kier molecular flexibility index (Phi) is 18.6. The number of carbonyl (C=O) groups is 3. The molecule has 23 heteroatoms. The number of hydrogen-bond donors (Lipinski definition) is 5. The van der Waals surface area contributed by atoms with Crippen molar-refractivity contribution in [1.29, 1.82) is 0 Å². The summed E-state index contributed by atoms with van der Waals surface area (Å²) in [6.07, 6.45) is -3.88. The highest BCUT2D eigenvalue weighted by Gasteiger charge is 2.44. The number of aryl methyl sites for hydroxylation is 1. The molecule has 3 aromatic carbocycles. The Morgan fingerprint density at radius 1 is 0.931 bits per heavy atom. The van der Waals surface area contributed by atoms with Gasteiger partial charge in [-0.3, -0.25) is 18.7 Å². The van der Waals surface area contributed by atoms with Gasteiger partial charge in [0.1, 0.15) is 35.8 Å². The van der Waals surface area contributed by atoms with Gasteiger partial charge >= 0.3 is 6.18 Å². The Morgan fingerprint density at radius 3 is 2.28 bits per heavy atom. The van der Waals surface area contributed by atoms with Crippen molar-refractivity contribution in [2.45, 2.75) is 78.0 Å². The van der Waals surface area contributed by atoms with Crippen molar-refractivity contribution in [1.82, 2.24) is 30.5 Å². The largest absolute Gasteiger partial charge is 0.491 e. The summed E-state index contributed by atoms with van der Waals surface area (Å²) in [6.45, 7) is 8.38. The number of nitrogens with zero attached hydrogens (tertiary/aromatic N) is 5. The van der Waals surface area contributed by atoms with E-state index in [0.717, 1.165) is 32.3 Å². The van der Waals surface area contributed by atoms with Crippen LogP contribution in [0.25, 0.3) is 10.4 Å². The van der Waals surface area contributed by atoms with E-state index < -0.39 is 68.9 Å². The van der Waals surface area contributed by atoms with E-state index in [1.54, 1.807) is 65.4 Å². The number of carbonyl (C=O) groups excluding carboxylic acids is 3. The predicted molar refractivity (Wildman–Crippen MR) is 267 cm³/mol. The normalized spacial score (nSPS) is 15.4. The van der Waals surface area contributed by atoms with Crippen molar-refractivity contribution in [2.24, 2.45) is 5.41 Å². The second kappa shape index (κ2) is 24.3. The van der Waals surface area contributed by atoms with Gasteiger partial charge in [0, 0.05) is 51.4 Å². The number of aliphatic hydroxyl groups is 1. The van der Waals surface area contributed by atoms with Gasteiger partial charge in [-0.1, -0.05) is 57.2 Å². The third-order valence-electron chi connectivity index (χ3n) is 11.5. The van der Waals surface area contributed by atoms with Crippen LogP contribution in [0.15, 0.2) is 84.5 Å². The van der Waals surface area contributed by atoms with Crippen molar-refractivity contribution in [3.63, 3.8) is 0 Å². The first-order valence-corrected chi connectivity index (χ1v) is 25.7. The third-order valence-corrected chi connectivity index (χ3v) is 13.7. The number of thiazole rings is 1. The molecule has 0 aliphatic carbocycles. The number of halogens is 3. The molecule has 0 spiro atoms. The van der Waals surface area contributed by atoms with Crippen molar-refractivity contribution < 1.29 is 55.3 Å². The van der Waals surface area contributed by atoms with Crippen molar-refractivity contribution in [2.75, 3.05) is 67.8 Å². The maximum Gasteiger partial charge on any atom is 0.421 e. The number of β-amino-alcohol motifs (C(OH)–C–C–N with tert-alkyl or cyclic N) is 1. The lowest BCUT2D eigenvalue weighted by Gasteiger charge is -2.35. The van der Waals surface area contributed by atoms with Crippen molar-refractivity contribution in [3.05, 3.63) is 107 Å². The maximum atomic E-state index is 14.0. The summed E-state index contributed by atoms with van der Waals surface area (Å²) >= 11 is 1.56. The Balaban J connectivity index is 0.883. The molecule has 2 aromatic heterocycles. The molecular formula is C49H60F3N9O9S2. The topological polar surface area (TPSA) is 227 Å². The summed E-state index contributed by atoms with van der Waals surface area (Å²) in [5, 5.41) is 21.9. The highest BCUT2D eigenvalue weighted by Crippen LogP contribution is 2.35. The molecule has 1 aliphatic rings. The van der Waals surface area contributed by atoms with Gasteiger partial charge in [0.05, 0.1) is 60.6 Å². The van der Waals surface area contributed by atoms with E-state index in [1.165, 1.54) is 11.9 Å². The highest BCUT2D eigenvalue weighted by molar-refractivity contribution is 7.92. The van der Waals surface area contributed by atoms with Gasteiger partial charge in [0.15, 0.2) is 0 Å². The van der Waals surface area contributed by atoms with Gasteiger partial charge in [-0.2, -0.15) is 18.2 Å². The molecule has 3 atom stereocenters. The van der Waals surface area contributed by atoms with Gasteiger partial charge in [0.25, 0.3) is 0 Å². The zero-order chi connectivity index (χ0) is 52.2. The SMILES string of the molecule is Cc1ncsc1-c1ccc(CNC(=O)C2CC(O)CN2C(=O)C(NC(=O)CCOCCOCCOc2ccc(Nc3ncc(C(F)(F)F)c(NCc4cccc(N(C)S(C)(=O)=O)c4)n3)cc2)C(C)(C)C)cc1. The molecule has 3 heterocycles. The fourth-order valence-electron chi connectivity index (χ4n) is 7.51. The number of anilines is 4. The van der Waals surface area contributed by atoms with Gasteiger partial charge in [0.2, 0.25) is 33.7 Å². The molecule has 3 amide bonds. The summed E-state index contributed by atoms with van der Waals surface area (Å²) in [5.74, 6) is -1.34. The molecule has 1 aliphatic heterocycles. The molecular weight excluding hydrogens is 980 g/mol. The maximum absolute atomic E-state index is 14.0.